The highest BCUT2D eigenvalue weighted by molar-refractivity contribution is 5.79. The molecule has 132 valence electrons. The number of aromatic nitrogens is 2. The number of hydrogen-bond donors (Lipinski definition) is 0. The van der Waals surface area contributed by atoms with Crippen LogP contribution >= 0.6 is 0 Å². The minimum atomic E-state index is 0.0986. The van der Waals surface area contributed by atoms with Gasteiger partial charge in [0.2, 0.25) is 11.9 Å². The molecular weight excluding hydrogens is 318 g/mol. The third kappa shape index (κ3) is 3.51. The van der Waals surface area contributed by atoms with E-state index in [1.807, 2.05) is 23.1 Å². The summed E-state index contributed by atoms with van der Waals surface area (Å²) in [6.07, 6.45) is 7.23. The van der Waals surface area contributed by atoms with E-state index < -0.39 is 0 Å². The van der Waals surface area contributed by atoms with E-state index in [2.05, 4.69) is 19.8 Å². The Morgan fingerprint density at radius 3 is 2.64 bits per heavy atom. The molecule has 7 nitrogen and oxygen atoms in total. The second kappa shape index (κ2) is 7.23. The van der Waals surface area contributed by atoms with Crippen molar-refractivity contribution in [3.05, 3.63) is 42.6 Å². The molecule has 0 N–H and O–H groups in total. The number of likely N-dealkylation sites (tertiary alicyclic amines) is 1. The topological polar surface area (TPSA) is 65.7 Å². The van der Waals surface area contributed by atoms with E-state index >= 15 is 0 Å². The molecule has 0 spiro atoms. The Labute approximate surface area is 147 Å². The number of carbonyl (C=O) groups is 1. The van der Waals surface area contributed by atoms with Gasteiger partial charge in [0, 0.05) is 45.1 Å². The van der Waals surface area contributed by atoms with Crippen molar-refractivity contribution in [2.45, 2.75) is 18.9 Å². The fraction of sp³-hybridized carbons (Fsp3) is 0.500. The van der Waals surface area contributed by atoms with Crippen LogP contribution < -0.4 is 4.90 Å². The molecule has 2 aliphatic rings. The summed E-state index contributed by atoms with van der Waals surface area (Å²) >= 11 is 0. The fourth-order valence-corrected chi connectivity index (χ4v) is 3.68. The normalized spacial score (nSPS) is 21.7. The lowest BCUT2D eigenvalue weighted by molar-refractivity contribution is -0.133. The van der Waals surface area contributed by atoms with E-state index in [0.29, 0.717) is 6.54 Å². The molecule has 2 fully saturated rings. The van der Waals surface area contributed by atoms with Crippen molar-refractivity contribution >= 4 is 11.9 Å². The number of amides is 1. The molecule has 4 heterocycles. The summed E-state index contributed by atoms with van der Waals surface area (Å²) in [5, 5.41) is 0. The number of hydrogen-bond acceptors (Lipinski definition) is 6. The largest absolute Gasteiger partial charge is 0.467 e. The Morgan fingerprint density at radius 2 is 1.92 bits per heavy atom. The van der Waals surface area contributed by atoms with Crippen molar-refractivity contribution in [3.8, 4) is 0 Å². The van der Waals surface area contributed by atoms with Gasteiger partial charge in [0.1, 0.15) is 5.76 Å². The molecule has 25 heavy (non-hydrogen) atoms. The van der Waals surface area contributed by atoms with Crippen LogP contribution in [-0.2, 0) is 4.79 Å². The standard InChI is InChI=1S/C18H23N5O2/c24-17(23-8-1-4-15(23)16-5-2-13-25-16)14-21-9-11-22(12-10-21)18-19-6-3-7-20-18/h2-3,5-7,13,15H,1,4,8-12,14H2/t15-/m0/s1. The van der Waals surface area contributed by atoms with E-state index in [1.54, 1.807) is 18.7 Å². The summed E-state index contributed by atoms with van der Waals surface area (Å²) in [6.45, 7) is 4.69. The molecule has 2 saturated heterocycles. The summed E-state index contributed by atoms with van der Waals surface area (Å²) in [5.41, 5.74) is 0. The molecule has 7 heteroatoms. The first kappa shape index (κ1) is 16.1. The minimum absolute atomic E-state index is 0.0986. The van der Waals surface area contributed by atoms with Gasteiger partial charge >= 0.3 is 0 Å². The number of carbonyl (C=O) groups excluding carboxylic acids is 1. The Kier molecular flexibility index (Phi) is 4.65. The molecule has 0 aliphatic carbocycles. The zero-order valence-corrected chi connectivity index (χ0v) is 14.3. The van der Waals surface area contributed by atoms with Gasteiger partial charge in [0.15, 0.2) is 0 Å². The van der Waals surface area contributed by atoms with Gasteiger partial charge in [-0.2, -0.15) is 0 Å². The van der Waals surface area contributed by atoms with E-state index in [9.17, 15) is 4.79 Å². The average molecular weight is 341 g/mol. The van der Waals surface area contributed by atoms with Crippen LogP contribution in [0.5, 0.6) is 0 Å². The lowest BCUT2D eigenvalue weighted by Crippen LogP contribution is -2.50. The monoisotopic (exact) mass is 341 g/mol. The fourth-order valence-electron chi connectivity index (χ4n) is 3.68. The molecule has 0 radical (unpaired) electrons. The van der Waals surface area contributed by atoms with Crippen LogP contribution in [0.15, 0.2) is 41.3 Å². The summed E-state index contributed by atoms with van der Waals surface area (Å²) in [5.74, 6) is 1.87. The van der Waals surface area contributed by atoms with Gasteiger partial charge < -0.3 is 14.2 Å². The second-order valence-corrected chi connectivity index (χ2v) is 6.57. The number of piperazine rings is 1. The molecule has 1 atom stereocenters. The first-order valence-corrected chi connectivity index (χ1v) is 8.88. The van der Waals surface area contributed by atoms with Crippen LogP contribution in [0.2, 0.25) is 0 Å². The van der Waals surface area contributed by atoms with Gasteiger partial charge in [-0.05, 0) is 31.0 Å². The summed E-state index contributed by atoms with van der Waals surface area (Å²) < 4.78 is 5.52. The van der Waals surface area contributed by atoms with Crippen LogP contribution in [0, 0.1) is 0 Å². The number of nitrogens with zero attached hydrogens (tertiary/aromatic N) is 5. The summed E-state index contributed by atoms with van der Waals surface area (Å²) in [4.78, 5) is 27.7. The quantitative estimate of drug-likeness (QED) is 0.841. The summed E-state index contributed by atoms with van der Waals surface area (Å²) in [7, 11) is 0. The van der Waals surface area contributed by atoms with Gasteiger partial charge in [-0.15, -0.1) is 0 Å². The van der Waals surface area contributed by atoms with Gasteiger partial charge in [-0.1, -0.05) is 0 Å². The minimum Gasteiger partial charge on any atom is -0.467 e. The molecule has 2 aliphatic heterocycles. The zero-order valence-electron chi connectivity index (χ0n) is 14.3. The van der Waals surface area contributed by atoms with E-state index in [4.69, 9.17) is 4.42 Å². The molecule has 0 saturated carbocycles. The SMILES string of the molecule is O=C(CN1CCN(c2ncccn2)CC1)N1CCC[C@H]1c1ccco1. The second-order valence-electron chi connectivity index (χ2n) is 6.57. The lowest BCUT2D eigenvalue weighted by atomic mass is 10.1. The predicted molar refractivity (Wildman–Crippen MR) is 93.1 cm³/mol. The van der Waals surface area contributed by atoms with Crippen LogP contribution in [0.4, 0.5) is 5.95 Å². The Hall–Kier alpha value is -2.41. The maximum atomic E-state index is 12.8. The maximum absolute atomic E-state index is 12.8. The molecular formula is C18H23N5O2. The first-order chi connectivity index (χ1) is 12.3. The van der Waals surface area contributed by atoms with E-state index in [0.717, 1.165) is 57.3 Å². The predicted octanol–water partition coefficient (Wildman–Crippen LogP) is 1.56. The van der Waals surface area contributed by atoms with Crippen molar-refractivity contribution in [2.75, 3.05) is 44.2 Å². The number of anilines is 1. The van der Waals surface area contributed by atoms with Crippen LogP contribution in [-0.4, -0.2) is 64.9 Å². The van der Waals surface area contributed by atoms with E-state index in [1.165, 1.54) is 0 Å². The van der Waals surface area contributed by atoms with Gasteiger partial charge in [-0.3, -0.25) is 9.69 Å². The molecule has 1 amide bonds. The lowest BCUT2D eigenvalue weighted by Gasteiger charge is -2.35. The Morgan fingerprint density at radius 1 is 1.12 bits per heavy atom. The van der Waals surface area contributed by atoms with Crippen LogP contribution in [0.1, 0.15) is 24.6 Å². The Bertz CT molecular complexity index is 683. The van der Waals surface area contributed by atoms with Crippen molar-refractivity contribution in [2.24, 2.45) is 0 Å². The summed E-state index contributed by atoms with van der Waals surface area (Å²) in [6, 6.07) is 5.78. The Balaban J connectivity index is 1.32. The molecule has 0 bridgehead atoms. The van der Waals surface area contributed by atoms with Crippen molar-refractivity contribution < 1.29 is 9.21 Å². The van der Waals surface area contributed by atoms with E-state index in [-0.39, 0.29) is 11.9 Å². The molecule has 0 aromatic carbocycles. The zero-order chi connectivity index (χ0) is 17.1. The van der Waals surface area contributed by atoms with Crippen molar-refractivity contribution in [1.82, 2.24) is 19.8 Å². The molecule has 2 aromatic rings. The molecule has 4 rings (SSSR count). The van der Waals surface area contributed by atoms with Gasteiger partial charge in [-0.25, -0.2) is 9.97 Å². The van der Waals surface area contributed by atoms with Crippen LogP contribution in [0.25, 0.3) is 0 Å². The van der Waals surface area contributed by atoms with Crippen molar-refractivity contribution in [3.63, 3.8) is 0 Å². The third-order valence-corrected chi connectivity index (χ3v) is 5.01. The first-order valence-electron chi connectivity index (χ1n) is 8.88. The van der Waals surface area contributed by atoms with Crippen LogP contribution in [0.3, 0.4) is 0 Å². The highest BCUT2D eigenvalue weighted by Gasteiger charge is 2.32. The maximum Gasteiger partial charge on any atom is 0.237 e. The number of furan rings is 1. The highest BCUT2D eigenvalue weighted by atomic mass is 16.3. The smallest absolute Gasteiger partial charge is 0.237 e. The van der Waals surface area contributed by atoms with Crippen molar-refractivity contribution in [1.29, 1.82) is 0 Å². The highest BCUT2D eigenvalue weighted by Crippen LogP contribution is 2.32. The van der Waals surface area contributed by atoms with Gasteiger partial charge in [0.05, 0.1) is 18.8 Å². The average Bonchev–Trinajstić information content (AvgIpc) is 3.34. The number of rotatable bonds is 4. The molecule has 2 aromatic heterocycles. The third-order valence-electron chi connectivity index (χ3n) is 5.01. The molecule has 0 unspecified atom stereocenters. The van der Waals surface area contributed by atoms with Gasteiger partial charge in [0.25, 0.3) is 0 Å².